The molecule has 0 saturated carbocycles. The second-order valence-electron chi connectivity index (χ2n) is 5.02. The van der Waals surface area contributed by atoms with Gasteiger partial charge in [0.2, 0.25) is 0 Å². The Morgan fingerprint density at radius 1 is 1.12 bits per heavy atom. The molecule has 0 unspecified atom stereocenters. The lowest BCUT2D eigenvalue weighted by Crippen LogP contribution is -2.00. The van der Waals surface area contributed by atoms with Crippen LogP contribution in [0.2, 0.25) is 0 Å². The highest BCUT2D eigenvalue weighted by atomic mass is 32.2. The SMILES string of the molecule is Fc1ccc(-c2cc3ncnc(SCCn4cncn4)c3s2)cc1. The predicted octanol–water partition coefficient (Wildman–Crippen LogP) is 3.88. The Balaban J connectivity index is 1.58. The minimum atomic E-state index is -0.232. The Morgan fingerprint density at radius 3 is 2.79 bits per heavy atom. The van der Waals surface area contributed by atoms with Crippen molar-refractivity contribution in [2.75, 3.05) is 5.75 Å². The number of benzene rings is 1. The van der Waals surface area contributed by atoms with Crippen LogP contribution in [0.15, 0.2) is 54.3 Å². The topological polar surface area (TPSA) is 56.5 Å². The zero-order chi connectivity index (χ0) is 16.4. The Kier molecular flexibility index (Phi) is 4.22. The van der Waals surface area contributed by atoms with E-state index in [1.807, 2.05) is 6.07 Å². The Morgan fingerprint density at radius 2 is 2.00 bits per heavy atom. The molecule has 0 aliphatic rings. The van der Waals surface area contributed by atoms with Crippen LogP contribution >= 0.6 is 23.1 Å². The van der Waals surface area contributed by atoms with Crippen LogP contribution < -0.4 is 0 Å². The van der Waals surface area contributed by atoms with Crippen molar-refractivity contribution in [3.05, 3.63) is 55.1 Å². The van der Waals surface area contributed by atoms with Gasteiger partial charge in [-0.1, -0.05) is 12.1 Å². The number of thiophene rings is 1. The van der Waals surface area contributed by atoms with Gasteiger partial charge in [0.25, 0.3) is 0 Å². The number of aryl methyl sites for hydroxylation is 1. The Hall–Kier alpha value is -2.32. The molecule has 1 aromatic carbocycles. The quantitative estimate of drug-likeness (QED) is 0.401. The fourth-order valence-corrected chi connectivity index (χ4v) is 4.41. The van der Waals surface area contributed by atoms with E-state index in [9.17, 15) is 4.39 Å². The molecule has 0 bridgehead atoms. The number of aromatic nitrogens is 5. The van der Waals surface area contributed by atoms with Gasteiger partial charge in [0, 0.05) is 10.6 Å². The maximum atomic E-state index is 13.1. The second kappa shape index (κ2) is 6.66. The number of rotatable bonds is 5. The zero-order valence-electron chi connectivity index (χ0n) is 12.5. The van der Waals surface area contributed by atoms with Crippen LogP contribution in [0.1, 0.15) is 0 Å². The summed E-state index contributed by atoms with van der Waals surface area (Å²) in [7, 11) is 0. The molecule has 4 rings (SSSR count). The van der Waals surface area contributed by atoms with Gasteiger partial charge in [-0.2, -0.15) is 5.10 Å². The highest BCUT2D eigenvalue weighted by Crippen LogP contribution is 2.36. The van der Waals surface area contributed by atoms with E-state index in [1.54, 1.807) is 52.6 Å². The van der Waals surface area contributed by atoms with Gasteiger partial charge in [-0.15, -0.1) is 23.1 Å². The van der Waals surface area contributed by atoms with Crippen LogP contribution in [0, 0.1) is 5.82 Å². The van der Waals surface area contributed by atoms with Gasteiger partial charge < -0.3 is 0 Å². The minimum Gasteiger partial charge on any atom is -0.252 e. The molecule has 0 aliphatic heterocycles. The van der Waals surface area contributed by atoms with E-state index in [0.717, 1.165) is 38.0 Å². The molecular weight excluding hydrogens is 345 g/mol. The molecular formula is C16H12FN5S2. The minimum absolute atomic E-state index is 0.232. The lowest BCUT2D eigenvalue weighted by molar-refractivity contribution is 0.628. The molecule has 0 radical (unpaired) electrons. The van der Waals surface area contributed by atoms with Gasteiger partial charge in [0.15, 0.2) is 0 Å². The molecule has 0 atom stereocenters. The maximum absolute atomic E-state index is 13.1. The summed E-state index contributed by atoms with van der Waals surface area (Å²) >= 11 is 3.30. The Bertz CT molecular complexity index is 950. The average molecular weight is 357 g/mol. The lowest BCUT2D eigenvalue weighted by atomic mass is 10.2. The molecule has 0 fully saturated rings. The molecule has 5 nitrogen and oxygen atoms in total. The fraction of sp³-hybridized carbons (Fsp3) is 0.125. The van der Waals surface area contributed by atoms with Crippen LogP contribution in [-0.2, 0) is 6.54 Å². The van der Waals surface area contributed by atoms with E-state index in [-0.39, 0.29) is 5.82 Å². The molecule has 0 spiro atoms. The largest absolute Gasteiger partial charge is 0.252 e. The third-order valence-electron chi connectivity index (χ3n) is 3.43. The predicted molar refractivity (Wildman–Crippen MR) is 93.6 cm³/mol. The van der Waals surface area contributed by atoms with Gasteiger partial charge in [-0.3, -0.25) is 4.68 Å². The first-order chi connectivity index (χ1) is 11.8. The first kappa shape index (κ1) is 15.2. The summed E-state index contributed by atoms with van der Waals surface area (Å²) in [5.41, 5.74) is 1.90. The number of hydrogen-bond donors (Lipinski definition) is 0. The molecule has 0 N–H and O–H groups in total. The molecule has 0 aliphatic carbocycles. The summed E-state index contributed by atoms with van der Waals surface area (Å²) < 4.78 is 15.9. The van der Waals surface area contributed by atoms with Crippen molar-refractivity contribution in [2.24, 2.45) is 0 Å². The van der Waals surface area contributed by atoms with Crippen LogP contribution in [0.4, 0.5) is 4.39 Å². The number of hydrogen-bond acceptors (Lipinski definition) is 6. The van der Waals surface area contributed by atoms with Gasteiger partial charge in [0.05, 0.1) is 16.8 Å². The molecule has 3 heterocycles. The van der Waals surface area contributed by atoms with E-state index < -0.39 is 0 Å². The second-order valence-corrected chi connectivity index (χ2v) is 7.15. The van der Waals surface area contributed by atoms with E-state index in [4.69, 9.17) is 0 Å². The highest BCUT2D eigenvalue weighted by molar-refractivity contribution is 7.99. The molecule has 24 heavy (non-hydrogen) atoms. The van der Waals surface area contributed by atoms with Crippen LogP contribution in [0.5, 0.6) is 0 Å². The van der Waals surface area contributed by atoms with E-state index in [1.165, 1.54) is 18.5 Å². The van der Waals surface area contributed by atoms with E-state index in [2.05, 4.69) is 20.1 Å². The summed E-state index contributed by atoms with van der Waals surface area (Å²) in [6, 6.07) is 8.53. The van der Waals surface area contributed by atoms with Gasteiger partial charge in [-0.25, -0.2) is 19.3 Å². The summed E-state index contributed by atoms with van der Waals surface area (Å²) in [5, 5.41) is 5.05. The number of fused-ring (bicyclic) bond motifs is 1. The summed E-state index contributed by atoms with van der Waals surface area (Å²) in [6.07, 6.45) is 4.82. The molecule has 0 amide bonds. The molecule has 8 heteroatoms. The molecule has 3 aromatic heterocycles. The third kappa shape index (κ3) is 3.15. The molecule has 4 aromatic rings. The number of halogens is 1. The maximum Gasteiger partial charge on any atom is 0.137 e. The zero-order valence-corrected chi connectivity index (χ0v) is 14.1. The number of thioether (sulfide) groups is 1. The van der Waals surface area contributed by atoms with Crippen molar-refractivity contribution < 1.29 is 4.39 Å². The van der Waals surface area contributed by atoms with Crippen LogP contribution in [-0.4, -0.2) is 30.5 Å². The van der Waals surface area contributed by atoms with E-state index >= 15 is 0 Å². The van der Waals surface area contributed by atoms with E-state index in [0.29, 0.717) is 0 Å². The van der Waals surface area contributed by atoms with Crippen molar-refractivity contribution in [1.82, 2.24) is 24.7 Å². The van der Waals surface area contributed by atoms with Crippen molar-refractivity contribution in [1.29, 1.82) is 0 Å². The summed E-state index contributed by atoms with van der Waals surface area (Å²) in [6.45, 7) is 0.770. The monoisotopic (exact) mass is 357 g/mol. The number of nitrogens with zero attached hydrogens (tertiary/aromatic N) is 5. The van der Waals surface area contributed by atoms with Crippen molar-refractivity contribution in [3.8, 4) is 10.4 Å². The van der Waals surface area contributed by atoms with Gasteiger partial charge in [0.1, 0.15) is 29.8 Å². The highest BCUT2D eigenvalue weighted by Gasteiger charge is 2.11. The molecule has 0 saturated heterocycles. The van der Waals surface area contributed by atoms with Crippen molar-refractivity contribution in [3.63, 3.8) is 0 Å². The summed E-state index contributed by atoms with van der Waals surface area (Å²) in [5.74, 6) is 0.614. The smallest absolute Gasteiger partial charge is 0.137 e. The standard InChI is InChI=1S/C16H12FN5S2/c17-12-3-1-11(2-4-12)14-7-13-15(24-14)16(20-9-19-13)23-6-5-22-10-18-8-21-22/h1-4,7-10H,5-6H2. The Labute approximate surface area is 145 Å². The normalized spacial score (nSPS) is 11.2. The lowest BCUT2D eigenvalue weighted by Gasteiger charge is -2.01. The summed E-state index contributed by atoms with van der Waals surface area (Å²) in [4.78, 5) is 13.7. The first-order valence-corrected chi connectivity index (χ1v) is 9.05. The third-order valence-corrected chi connectivity index (χ3v) is 5.71. The van der Waals surface area contributed by atoms with Gasteiger partial charge in [-0.05, 0) is 23.8 Å². The van der Waals surface area contributed by atoms with Crippen molar-refractivity contribution >= 4 is 33.3 Å². The van der Waals surface area contributed by atoms with Gasteiger partial charge >= 0.3 is 0 Å². The first-order valence-electron chi connectivity index (χ1n) is 7.25. The molecule has 120 valence electrons. The van der Waals surface area contributed by atoms with Crippen LogP contribution in [0.25, 0.3) is 20.7 Å². The fourth-order valence-electron chi connectivity index (χ4n) is 2.28. The van der Waals surface area contributed by atoms with Crippen LogP contribution in [0.3, 0.4) is 0 Å². The van der Waals surface area contributed by atoms with Crippen molar-refractivity contribution in [2.45, 2.75) is 11.6 Å². The average Bonchev–Trinajstić information content (AvgIpc) is 3.25.